The molecular weight excluding hydrogens is 1120 g/mol. The molecule has 0 radical (unpaired) electrons. The van der Waals surface area contributed by atoms with Gasteiger partial charge in [-0.2, -0.15) is 13.2 Å². The lowest BCUT2D eigenvalue weighted by Gasteiger charge is -2.35. The zero-order valence-electron chi connectivity index (χ0n) is 48.7. The molecule has 2 aromatic carbocycles. The number of rotatable bonds is 27. The van der Waals surface area contributed by atoms with Gasteiger partial charge in [0.05, 0.1) is 105 Å². The average Bonchev–Trinajstić information content (AvgIpc) is 4.29. The van der Waals surface area contributed by atoms with Crippen LogP contribution in [0.4, 0.5) is 24.5 Å². The molecule has 4 aromatic heterocycles. The predicted octanol–water partition coefficient (Wildman–Crippen LogP) is 7.75. The molecule has 0 saturated carbocycles. The number of likely N-dealkylation sites (tertiary alicyclic amines) is 1. The smallest absolute Gasteiger partial charge is 0.416 e. The number of anilines is 2. The minimum Gasteiger partial charge on any atom is -0.474 e. The van der Waals surface area contributed by atoms with Crippen molar-refractivity contribution in [3.8, 4) is 27.4 Å². The van der Waals surface area contributed by atoms with E-state index in [1.807, 2.05) is 77.4 Å². The number of β-amino-alcohol motifs (C(OH)–C–C–N with tert-alkyl or cyclic N) is 1. The SMILES string of the molecule is Cc1ncc(NC(=O)c2cccc(C(F)(F)F)c2)cc1-c1cnc(OCCOCCOCCOCc2cn(CCCCC(=O)NC(C(=O)N3C[C@H](O)C[C@H]3C(=O)NC(C)c3ccc(-c4scnc4C)cc3)C(C)(C)C)nn2)c(N2CCOCC2)c1. The molecule has 2 fully saturated rings. The van der Waals surface area contributed by atoms with Gasteiger partial charge < -0.3 is 54.5 Å². The highest BCUT2D eigenvalue weighted by Gasteiger charge is 2.45. The van der Waals surface area contributed by atoms with Gasteiger partial charge in [-0.15, -0.1) is 16.4 Å². The first kappa shape index (κ1) is 63.6. The second-order valence-electron chi connectivity index (χ2n) is 22.0. The van der Waals surface area contributed by atoms with Gasteiger partial charge in [0.15, 0.2) is 0 Å². The molecule has 6 aromatic rings. The number of morpholine rings is 1. The third kappa shape index (κ3) is 17.8. The van der Waals surface area contributed by atoms with Gasteiger partial charge in [-0.3, -0.25) is 28.8 Å². The maximum absolute atomic E-state index is 14.2. The van der Waals surface area contributed by atoms with Crippen molar-refractivity contribution < 1.29 is 61.1 Å². The maximum atomic E-state index is 14.2. The number of amides is 4. The second-order valence-corrected chi connectivity index (χ2v) is 22.8. The Hall–Kier alpha value is -7.42. The summed E-state index contributed by atoms with van der Waals surface area (Å²) in [5, 5.41) is 27.7. The molecule has 85 heavy (non-hydrogen) atoms. The largest absolute Gasteiger partial charge is 0.474 e. The fourth-order valence-electron chi connectivity index (χ4n) is 9.80. The molecule has 0 bridgehead atoms. The Bertz CT molecular complexity index is 3200. The Morgan fingerprint density at radius 1 is 0.847 bits per heavy atom. The van der Waals surface area contributed by atoms with Crippen LogP contribution in [0.1, 0.15) is 98.0 Å². The summed E-state index contributed by atoms with van der Waals surface area (Å²) in [5.74, 6) is -1.39. The van der Waals surface area contributed by atoms with Crippen molar-refractivity contribution in [3.05, 3.63) is 119 Å². The lowest BCUT2D eigenvalue weighted by Crippen LogP contribution is -2.57. The van der Waals surface area contributed by atoms with E-state index in [0.29, 0.717) is 106 Å². The summed E-state index contributed by atoms with van der Waals surface area (Å²) in [4.78, 5) is 72.2. The molecule has 21 nitrogen and oxygen atoms in total. The lowest BCUT2D eigenvalue weighted by molar-refractivity contribution is -0.144. The molecule has 456 valence electrons. The Kier molecular flexibility index (Phi) is 22.1. The standard InChI is InChI=1S/C60H74F3N11O10S/c1-38(41-13-15-42(16-14-41)53-40(3)66-37-85-53)67-56(78)50-31-48(75)35-74(50)58(79)54(59(4,5)6)69-52(76)12-7-8-17-73-34-47(70-71-73)36-83-25-24-81-22-23-82-26-27-84-57-51(72-18-20-80-21-19-72)29-44(32-65-57)49-30-46(33-64-39(49)2)68-55(77)43-10-9-11-45(28-43)60(61,62)63/h9-11,13-16,28-30,32-34,37-38,48,50,54,75H,7-8,12,17-27,31,35-36H2,1-6H3,(H,67,78)(H,68,77)(H,69,76)/t38?,48-,50+,54?/m1/s1. The number of hydrogen-bond donors (Lipinski definition) is 4. The van der Waals surface area contributed by atoms with Crippen LogP contribution >= 0.6 is 11.3 Å². The first-order chi connectivity index (χ1) is 40.7. The van der Waals surface area contributed by atoms with Crippen molar-refractivity contribution in [2.75, 3.05) is 82.7 Å². The summed E-state index contributed by atoms with van der Waals surface area (Å²) in [7, 11) is 0. The molecule has 2 saturated heterocycles. The van der Waals surface area contributed by atoms with E-state index < -0.39 is 47.2 Å². The zero-order chi connectivity index (χ0) is 60.7. The minimum atomic E-state index is -4.59. The Balaban J connectivity index is 0.701. The van der Waals surface area contributed by atoms with Gasteiger partial charge in [0, 0.05) is 67.6 Å². The number of aliphatic hydroxyl groups is 1. The normalized spacial score (nSPS) is 16.3. The van der Waals surface area contributed by atoms with E-state index >= 15 is 0 Å². The van der Waals surface area contributed by atoms with Crippen molar-refractivity contribution in [2.24, 2.45) is 5.41 Å². The number of unbranched alkanes of at least 4 members (excludes halogenated alkanes) is 1. The molecule has 8 rings (SSSR count). The van der Waals surface area contributed by atoms with E-state index in [4.69, 9.17) is 23.7 Å². The van der Waals surface area contributed by atoms with Crippen LogP contribution in [0.15, 0.2) is 84.8 Å². The second kappa shape index (κ2) is 29.6. The number of nitrogens with zero attached hydrogens (tertiary/aromatic N) is 8. The number of aryl methyl sites for hydroxylation is 3. The number of carbonyl (C=O) groups excluding carboxylic acids is 4. The van der Waals surface area contributed by atoms with Gasteiger partial charge >= 0.3 is 6.18 Å². The third-order valence-electron chi connectivity index (χ3n) is 14.4. The van der Waals surface area contributed by atoms with E-state index in [1.165, 1.54) is 23.2 Å². The van der Waals surface area contributed by atoms with Gasteiger partial charge in [-0.1, -0.05) is 56.3 Å². The average molecular weight is 1200 g/mol. The van der Waals surface area contributed by atoms with E-state index in [1.54, 1.807) is 34.5 Å². The minimum absolute atomic E-state index is 0.0168. The van der Waals surface area contributed by atoms with Crippen molar-refractivity contribution in [1.29, 1.82) is 0 Å². The summed E-state index contributed by atoms with van der Waals surface area (Å²) in [6.45, 7) is 16.0. The summed E-state index contributed by atoms with van der Waals surface area (Å²) in [6, 6.07) is 13.6. The Labute approximate surface area is 496 Å². The number of alkyl halides is 3. The number of aromatic nitrogens is 6. The topological polar surface area (TPSA) is 247 Å². The monoisotopic (exact) mass is 1200 g/mol. The molecule has 2 aliphatic rings. The van der Waals surface area contributed by atoms with Crippen LogP contribution in [0.25, 0.3) is 21.6 Å². The molecule has 2 aliphatic heterocycles. The van der Waals surface area contributed by atoms with Crippen molar-refractivity contribution >= 4 is 46.3 Å². The molecular formula is C60H74F3N11O10S. The fourth-order valence-corrected chi connectivity index (χ4v) is 10.6. The number of carbonyl (C=O) groups is 4. The highest BCUT2D eigenvalue weighted by molar-refractivity contribution is 7.13. The van der Waals surface area contributed by atoms with Gasteiger partial charge in [0.25, 0.3) is 5.91 Å². The number of pyridine rings is 2. The third-order valence-corrected chi connectivity index (χ3v) is 15.4. The maximum Gasteiger partial charge on any atom is 0.416 e. The van der Waals surface area contributed by atoms with Crippen molar-refractivity contribution in [3.63, 3.8) is 0 Å². The van der Waals surface area contributed by atoms with Crippen LogP contribution < -0.4 is 25.6 Å². The van der Waals surface area contributed by atoms with Gasteiger partial charge in [-0.05, 0) is 80.5 Å². The summed E-state index contributed by atoms with van der Waals surface area (Å²) in [5.41, 5.74) is 6.64. The van der Waals surface area contributed by atoms with Crippen molar-refractivity contribution in [1.82, 2.24) is 45.5 Å². The van der Waals surface area contributed by atoms with E-state index in [0.717, 1.165) is 39.5 Å². The number of halogens is 3. The van der Waals surface area contributed by atoms with Gasteiger partial charge in [0.1, 0.15) is 30.1 Å². The number of thiazole rings is 1. The van der Waals surface area contributed by atoms with E-state index in [-0.39, 0.29) is 62.6 Å². The molecule has 0 aliphatic carbocycles. The van der Waals surface area contributed by atoms with Crippen LogP contribution in [-0.4, -0.2) is 154 Å². The predicted molar refractivity (Wildman–Crippen MR) is 312 cm³/mol. The molecule has 0 spiro atoms. The lowest BCUT2D eigenvalue weighted by atomic mass is 9.85. The van der Waals surface area contributed by atoms with Crippen LogP contribution in [0.3, 0.4) is 0 Å². The molecule has 4 amide bonds. The first-order valence-corrected chi connectivity index (χ1v) is 29.2. The van der Waals surface area contributed by atoms with Crippen LogP contribution in [0.2, 0.25) is 0 Å². The van der Waals surface area contributed by atoms with Crippen molar-refractivity contribution in [2.45, 2.75) is 111 Å². The van der Waals surface area contributed by atoms with Gasteiger partial charge in [0.2, 0.25) is 23.6 Å². The summed E-state index contributed by atoms with van der Waals surface area (Å²) < 4.78 is 70.5. The van der Waals surface area contributed by atoms with E-state index in [9.17, 15) is 37.5 Å². The number of nitrogens with one attached hydrogen (secondary N) is 3. The van der Waals surface area contributed by atoms with E-state index in [2.05, 4.69) is 46.1 Å². The number of ether oxygens (including phenoxy) is 5. The Morgan fingerprint density at radius 3 is 2.28 bits per heavy atom. The van der Waals surface area contributed by atoms with Crippen LogP contribution in [0, 0.1) is 19.3 Å². The van der Waals surface area contributed by atoms with Crippen LogP contribution in [-0.2, 0) is 52.7 Å². The number of hydrogen-bond acceptors (Lipinski definition) is 17. The number of benzene rings is 2. The summed E-state index contributed by atoms with van der Waals surface area (Å²) in [6.07, 6.45) is 0.810. The highest BCUT2D eigenvalue weighted by Crippen LogP contribution is 2.35. The fraction of sp³-hybridized carbons (Fsp3) is 0.483. The summed E-state index contributed by atoms with van der Waals surface area (Å²) >= 11 is 1.57. The quantitative estimate of drug-likeness (QED) is 0.0360. The first-order valence-electron chi connectivity index (χ1n) is 28.3. The highest BCUT2D eigenvalue weighted by atomic mass is 32.1. The molecule has 6 heterocycles. The molecule has 25 heteroatoms. The molecule has 2 unspecified atom stereocenters. The number of aliphatic hydroxyl groups excluding tert-OH is 1. The Morgan fingerprint density at radius 2 is 1.58 bits per heavy atom. The molecule has 4 N–H and O–H groups in total. The van der Waals surface area contributed by atoms with Gasteiger partial charge in [-0.25, -0.2) is 9.97 Å². The van der Waals surface area contributed by atoms with Crippen LogP contribution in [0.5, 0.6) is 5.88 Å². The molecule has 4 atom stereocenters. The zero-order valence-corrected chi connectivity index (χ0v) is 49.5.